The lowest BCUT2D eigenvalue weighted by molar-refractivity contribution is 0.432. The third kappa shape index (κ3) is 2.39. The lowest BCUT2D eigenvalue weighted by Crippen LogP contribution is -1.84. The van der Waals surface area contributed by atoms with Gasteiger partial charge in [0.2, 0.25) is 5.82 Å². The summed E-state index contributed by atoms with van der Waals surface area (Å²) in [5.74, 6) is 0.853. The second-order valence-electron chi connectivity index (χ2n) is 3.74. The predicted octanol–water partition coefficient (Wildman–Crippen LogP) is 4.21. The van der Waals surface area contributed by atoms with Crippen LogP contribution >= 0.6 is 27.5 Å². The number of halogens is 2. The molecule has 0 N–H and O–H groups in total. The molecule has 2 heterocycles. The Morgan fingerprint density at radius 2 is 1.84 bits per heavy atom. The molecule has 0 fully saturated rings. The topological polar surface area (TPSA) is 51.8 Å². The quantitative estimate of drug-likeness (QED) is 0.658. The lowest BCUT2D eigenvalue weighted by Gasteiger charge is -1.97. The van der Waals surface area contributed by atoms with Gasteiger partial charge in [-0.3, -0.25) is 0 Å². The first kappa shape index (κ1) is 12.3. The van der Waals surface area contributed by atoms with Crippen molar-refractivity contribution in [1.82, 2.24) is 15.1 Å². The maximum Gasteiger partial charge on any atom is 0.261 e. The van der Waals surface area contributed by atoms with Crippen LogP contribution in [0.15, 0.2) is 51.6 Å². The van der Waals surface area contributed by atoms with Crippen molar-refractivity contribution in [2.45, 2.75) is 0 Å². The molecule has 0 bridgehead atoms. The molecule has 0 aliphatic rings. The summed E-state index contributed by atoms with van der Waals surface area (Å²) in [5.41, 5.74) is 1.48. The molecular weight excluding hydrogens is 330 g/mol. The number of nitrogens with zero attached hydrogens (tertiary/aromatic N) is 3. The van der Waals surface area contributed by atoms with Gasteiger partial charge in [-0.2, -0.15) is 4.98 Å². The van der Waals surface area contributed by atoms with Crippen LogP contribution in [-0.2, 0) is 0 Å². The van der Waals surface area contributed by atoms with E-state index in [1.165, 1.54) is 0 Å². The Morgan fingerprint density at radius 3 is 2.63 bits per heavy atom. The van der Waals surface area contributed by atoms with Gasteiger partial charge in [0.25, 0.3) is 5.89 Å². The van der Waals surface area contributed by atoms with E-state index in [9.17, 15) is 0 Å². The summed E-state index contributed by atoms with van der Waals surface area (Å²) < 4.78 is 6.14. The molecule has 2 aromatic heterocycles. The number of hydrogen-bond donors (Lipinski definition) is 0. The minimum atomic E-state index is 0.338. The molecule has 0 aliphatic heterocycles. The van der Waals surface area contributed by atoms with Gasteiger partial charge >= 0.3 is 0 Å². The van der Waals surface area contributed by atoms with Crippen molar-refractivity contribution in [3.8, 4) is 22.8 Å². The zero-order valence-corrected chi connectivity index (χ0v) is 11.9. The van der Waals surface area contributed by atoms with E-state index in [1.807, 2.05) is 24.3 Å². The second-order valence-corrected chi connectivity index (χ2v) is 4.96. The molecule has 0 radical (unpaired) electrons. The van der Waals surface area contributed by atoms with Crippen LogP contribution in [0.3, 0.4) is 0 Å². The molecule has 0 atom stereocenters. The number of hydrogen-bond acceptors (Lipinski definition) is 4. The maximum absolute atomic E-state index is 6.00. The summed E-state index contributed by atoms with van der Waals surface area (Å²) >= 11 is 9.45. The van der Waals surface area contributed by atoms with Crippen molar-refractivity contribution in [2.24, 2.45) is 0 Å². The molecule has 0 saturated heterocycles. The SMILES string of the molecule is Clc1ncccc1-c1nc(-c2ccccc2Br)no1. The molecule has 1 aromatic carbocycles. The van der Waals surface area contributed by atoms with Crippen LogP contribution in [-0.4, -0.2) is 15.1 Å². The van der Waals surface area contributed by atoms with E-state index in [4.69, 9.17) is 16.1 Å². The van der Waals surface area contributed by atoms with Gasteiger partial charge in [0.05, 0.1) is 5.56 Å². The van der Waals surface area contributed by atoms with Crippen LogP contribution in [0.1, 0.15) is 0 Å². The van der Waals surface area contributed by atoms with Gasteiger partial charge in [0.15, 0.2) is 0 Å². The Bertz CT molecular complexity index is 669. The van der Waals surface area contributed by atoms with E-state index in [1.54, 1.807) is 18.3 Å². The van der Waals surface area contributed by atoms with Crippen molar-refractivity contribution in [3.05, 3.63) is 52.2 Å². The Balaban J connectivity index is 2.06. The Labute approximate surface area is 122 Å². The molecule has 19 heavy (non-hydrogen) atoms. The highest BCUT2D eigenvalue weighted by molar-refractivity contribution is 9.10. The van der Waals surface area contributed by atoms with Crippen LogP contribution in [0.4, 0.5) is 0 Å². The molecule has 3 rings (SSSR count). The molecule has 0 saturated carbocycles. The summed E-state index contributed by atoms with van der Waals surface area (Å²) in [6.45, 7) is 0. The second kappa shape index (κ2) is 5.11. The van der Waals surface area contributed by atoms with Gasteiger partial charge < -0.3 is 4.52 Å². The standard InChI is InChI=1S/C13H7BrClN3O/c14-10-6-2-1-4-8(10)12-17-13(19-18-12)9-5-3-7-16-11(9)15/h1-7H. The average Bonchev–Trinajstić information content (AvgIpc) is 2.89. The van der Waals surface area contributed by atoms with Crippen LogP contribution in [0.25, 0.3) is 22.8 Å². The first-order valence-corrected chi connectivity index (χ1v) is 6.62. The third-order valence-electron chi connectivity index (χ3n) is 2.53. The zero-order valence-electron chi connectivity index (χ0n) is 9.55. The van der Waals surface area contributed by atoms with Gasteiger partial charge in [-0.25, -0.2) is 4.98 Å². The Morgan fingerprint density at radius 1 is 1.05 bits per heavy atom. The smallest absolute Gasteiger partial charge is 0.261 e. The van der Waals surface area contributed by atoms with Gasteiger partial charge in [0.1, 0.15) is 5.15 Å². The number of rotatable bonds is 2. The Hall–Kier alpha value is -1.72. The molecule has 3 aromatic rings. The summed E-state index contributed by atoms with van der Waals surface area (Å²) in [6.07, 6.45) is 1.61. The summed E-state index contributed by atoms with van der Waals surface area (Å²) in [5, 5.41) is 4.30. The third-order valence-corrected chi connectivity index (χ3v) is 3.52. The van der Waals surface area contributed by atoms with E-state index in [-0.39, 0.29) is 0 Å². The fraction of sp³-hybridized carbons (Fsp3) is 0. The monoisotopic (exact) mass is 335 g/mol. The molecule has 0 spiro atoms. The van der Waals surface area contributed by atoms with E-state index in [2.05, 4.69) is 31.1 Å². The van der Waals surface area contributed by atoms with Crippen molar-refractivity contribution < 1.29 is 4.52 Å². The fourth-order valence-electron chi connectivity index (χ4n) is 1.63. The molecule has 0 aliphatic carbocycles. The fourth-order valence-corrected chi connectivity index (χ4v) is 2.29. The highest BCUT2D eigenvalue weighted by Gasteiger charge is 2.14. The predicted molar refractivity (Wildman–Crippen MR) is 75.7 cm³/mol. The lowest BCUT2D eigenvalue weighted by atomic mass is 10.2. The van der Waals surface area contributed by atoms with Crippen LogP contribution in [0.5, 0.6) is 0 Å². The molecule has 4 nitrogen and oxygen atoms in total. The minimum absolute atomic E-state index is 0.338. The first-order valence-electron chi connectivity index (χ1n) is 5.45. The number of aromatic nitrogens is 3. The van der Waals surface area contributed by atoms with Crippen LogP contribution in [0.2, 0.25) is 5.15 Å². The van der Waals surface area contributed by atoms with Gasteiger partial charge in [-0.15, -0.1) is 0 Å². The highest BCUT2D eigenvalue weighted by Crippen LogP contribution is 2.29. The van der Waals surface area contributed by atoms with Gasteiger partial charge in [-0.1, -0.05) is 44.8 Å². The number of benzene rings is 1. The molecule has 0 unspecified atom stereocenters. The summed E-state index contributed by atoms with van der Waals surface area (Å²) in [4.78, 5) is 8.32. The van der Waals surface area contributed by atoms with E-state index >= 15 is 0 Å². The molecule has 0 amide bonds. The summed E-state index contributed by atoms with van der Waals surface area (Å²) in [6, 6.07) is 11.2. The molecule has 6 heteroatoms. The van der Waals surface area contributed by atoms with Gasteiger partial charge in [0, 0.05) is 16.2 Å². The minimum Gasteiger partial charge on any atom is -0.333 e. The van der Waals surface area contributed by atoms with Crippen molar-refractivity contribution in [2.75, 3.05) is 0 Å². The van der Waals surface area contributed by atoms with E-state index < -0.39 is 0 Å². The van der Waals surface area contributed by atoms with E-state index in [0.717, 1.165) is 10.0 Å². The average molecular weight is 337 g/mol. The van der Waals surface area contributed by atoms with Crippen LogP contribution in [0, 0.1) is 0 Å². The highest BCUT2D eigenvalue weighted by atomic mass is 79.9. The van der Waals surface area contributed by atoms with Crippen molar-refractivity contribution in [3.63, 3.8) is 0 Å². The van der Waals surface area contributed by atoms with Crippen molar-refractivity contribution in [1.29, 1.82) is 0 Å². The Kier molecular flexibility index (Phi) is 3.31. The maximum atomic E-state index is 6.00. The molecule has 94 valence electrons. The zero-order chi connectivity index (χ0) is 13.2. The number of pyridine rings is 1. The first-order chi connectivity index (χ1) is 9.25. The van der Waals surface area contributed by atoms with Gasteiger partial charge in [-0.05, 0) is 24.3 Å². The van der Waals surface area contributed by atoms with Crippen LogP contribution < -0.4 is 0 Å². The van der Waals surface area contributed by atoms with Crippen molar-refractivity contribution >= 4 is 27.5 Å². The van der Waals surface area contributed by atoms with E-state index in [0.29, 0.717) is 22.4 Å². The normalized spacial score (nSPS) is 10.6. The summed E-state index contributed by atoms with van der Waals surface area (Å²) in [7, 11) is 0. The molecular formula is C13H7BrClN3O. The largest absolute Gasteiger partial charge is 0.333 e.